The molecule has 1 heterocycles. The molecule has 0 spiro atoms. The standard InChI is InChI=1S/C12H9ClN2O3/c13-9-3-1-2-8(6-9)7-18-12-14-5-4-10(15-12)11(16)17/h1-6H,7H2,(H,16,17). The average molecular weight is 265 g/mol. The molecule has 0 radical (unpaired) electrons. The van der Waals surface area contributed by atoms with Gasteiger partial charge in [0, 0.05) is 11.2 Å². The summed E-state index contributed by atoms with van der Waals surface area (Å²) in [5.74, 6) is -1.12. The lowest BCUT2D eigenvalue weighted by atomic mass is 10.2. The highest BCUT2D eigenvalue weighted by Crippen LogP contribution is 2.12. The Morgan fingerprint density at radius 1 is 1.39 bits per heavy atom. The van der Waals surface area contributed by atoms with Gasteiger partial charge in [-0.05, 0) is 23.8 Å². The van der Waals surface area contributed by atoms with Crippen molar-refractivity contribution in [3.05, 3.63) is 52.8 Å². The van der Waals surface area contributed by atoms with E-state index in [0.29, 0.717) is 5.02 Å². The van der Waals surface area contributed by atoms with Crippen LogP contribution < -0.4 is 4.74 Å². The monoisotopic (exact) mass is 264 g/mol. The number of hydrogen-bond acceptors (Lipinski definition) is 4. The van der Waals surface area contributed by atoms with Crippen LogP contribution in [0, 0.1) is 0 Å². The fraction of sp³-hybridized carbons (Fsp3) is 0.0833. The van der Waals surface area contributed by atoms with E-state index in [1.807, 2.05) is 6.07 Å². The molecule has 0 aliphatic heterocycles. The van der Waals surface area contributed by atoms with Crippen LogP contribution in [0.3, 0.4) is 0 Å². The van der Waals surface area contributed by atoms with E-state index in [4.69, 9.17) is 21.4 Å². The molecular weight excluding hydrogens is 256 g/mol. The molecule has 92 valence electrons. The number of aromatic nitrogens is 2. The smallest absolute Gasteiger partial charge is 0.354 e. The quantitative estimate of drug-likeness (QED) is 0.918. The van der Waals surface area contributed by atoms with Crippen molar-refractivity contribution in [2.45, 2.75) is 6.61 Å². The maximum Gasteiger partial charge on any atom is 0.354 e. The summed E-state index contributed by atoms with van der Waals surface area (Å²) in [7, 11) is 0. The largest absolute Gasteiger partial charge is 0.477 e. The predicted octanol–water partition coefficient (Wildman–Crippen LogP) is 2.41. The van der Waals surface area contributed by atoms with Crippen LogP contribution in [0.2, 0.25) is 5.02 Å². The maximum atomic E-state index is 10.7. The Morgan fingerprint density at radius 3 is 2.94 bits per heavy atom. The summed E-state index contributed by atoms with van der Waals surface area (Å²) in [6.45, 7) is 0.226. The molecule has 0 fully saturated rings. The number of hydrogen-bond donors (Lipinski definition) is 1. The first-order chi connectivity index (χ1) is 8.65. The van der Waals surface area contributed by atoms with E-state index in [0.717, 1.165) is 5.56 Å². The molecule has 0 aliphatic carbocycles. The van der Waals surface area contributed by atoms with E-state index >= 15 is 0 Å². The third-order valence-electron chi connectivity index (χ3n) is 2.11. The minimum atomic E-state index is -1.12. The molecule has 0 amide bonds. The molecular formula is C12H9ClN2O3. The maximum absolute atomic E-state index is 10.7. The summed E-state index contributed by atoms with van der Waals surface area (Å²) in [5.41, 5.74) is 0.748. The van der Waals surface area contributed by atoms with Crippen LogP contribution in [0.4, 0.5) is 0 Å². The molecule has 0 bridgehead atoms. The molecule has 1 N–H and O–H groups in total. The number of carboxylic acids is 1. The van der Waals surface area contributed by atoms with E-state index in [1.165, 1.54) is 12.3 Å². The highest BCUT2D eigenvalue weighted by Gasteiger charge is 2.07. The van der Waals surface area contributed by atoms with Gasteiger partial charge in [0.2, 0.25) is 0 Å². The van der Waals surface area contributed by atoms with Crippen molar-refractivity contribution in [2.24, 2.45) is 0 Å². The Morgan fingerprint density at radius 2 is 2.22 bits per heavy atom. The lowest BCUT2D eigenvalue weighted by molar-refractivity contribution is 0.0688. The Labute approximate surface area is 108 Å². The number of carboxylic acid groups (broad SMARTS) is 1. The van der Waals surface area contributed by atoms with Gasteiger partial charge in [-0.2, -0.15) is 4.98 Å². The SMILES string of the molecule is O=C(O)c1ccnc(OCc2cccc(Cl)c2)n1. The molecule has 2 aromatic rings. The fourth-order valence-electron chi connectivity index (χ4n) is 1.30. The molecule has 5 nitrogen and oxygen atoms in total. The topological polar surface area (TPSA) is 72.3 Å². The average Bonchev–Trinajstić information content (AvgIpc) is 2.37. The first kappa shape index (κ1) is 12.3. The number of ether oxygens (including phenoxy) is 1. The third-order valence-corrected chi connectivity index (χ3v) is 2.34. The second-order valence-electron chi connectivity index (χ2n) is 3.45. The first-order valence-corrected chi connectivity index (χ1v) is 5.46. The number of aromatic carboxylic acids is 1. The summed E-state index contributed by atoms with van der Waals surface area (Å²) in [6.07, 6.45) is 1.34. The zero-order valence-electron chi connectivity index (χ0n) is 9.21. The van der Waals surface area contributed by atoms with Crippen molar-refractivity contribution in [1.29, 1.82) is 0 Å². The second-order valence-corrected chi connectivity index (χ2v) is 3.88. The van der Waals surface area contributed by atoms with Crippen LogP contribution in [0.25, 0.3) is 0 Å². The summed E-state index contributed by atoms with van der Waals surface area (Å²) in [4.78, 5) is 18.3. The zero-order chi connectivity index (χ0) is 13.0. The molecule has 18 heavy (non-hydrogen) atoms. The van der Waals surface area contributed by atoms with Crippen molar-refractivity contribution in [2.75, 3.05) is 0 Å². The van der Waals surface area contributed by atoms with E-state index in [1.54, 1.807) is 18.2 Å². The van der Waals surface area contributed by atoms with Crippen molar-refractivity contribution < 1.29 is 14.6 Å². The van der Waals surface area contributed by atoms with Gasteiger partial charge in [-0.3, -0.25) is 0 Å². The van der Waals surface area contributed by atoms with Gasteiger partial charge >= 0.3 is 12.0 Å². The molecule has 0 atom stereocenters. The normalized spacial score (nSPS) is 10.1. The molecule has 0 unspecified atom stereocenters. The highest BCUT2D eigenvalue weighted by molar-refractivity contribution is 6.30. The van der Waals surface area contributed by atoms with Crippen LogP contribution in [-0.2, 0) is 6.61 Å². The molecule has 0 aliphatic rings. The van der Waals surface area contributed by atoms with Crippen molar-refractivity contribution in [3.8, 4) is 6.01 Å². The van der Waals surface area contributed by atoms with E-state index in [-0.39, 0.29) is 18.3 Å². The third kappa shape index (κ3) is 3.18. The van der Waals surface area contributed by atoms with E-state index in [2.05, 4.69) is 9.97 Å². The molecule has 2 rings (SSSR count). The predicted molar refractivity (Wildman–Crippen MR) is 64.8 cm³/mol. The molecule has 0 saturated heterocycles. The number of nitrogens with zero attached hydrogens (tertiary/aromatic N) is 2. The lowest BCUT2D eigenvalue weighted by Crippen LogP contribution is -2.04. The van der Waals surface area contributed by atoms with Crippen molar-refractivity contribution in [3.63, 3.8) is 0 Å². The van der Waals surface area contributed by atoms with Gasteiger partial charge in [0.25, 0.3) is 0 Å². The van der Waals surface area contributed by atoms with E-state index in [9.17, 15) is 4.79 Å². The number of benzene rings is 1. The van der Waals surface area contributed by atoms with Gasteiger partial charge in [-0.1, -0.05) is 23.7 Å². The fourth-order valence-corrected chi connectivity index (χ4v) is 1.52. The number of halogens is 1. The van der Waals surface area contributed by atoms with Crippen LogP contribution in [0.5, 0.6) is 6.01 Å². The summed E-state index contributed by atoms with van der Waals surface area (Å²) < 4.78 is 5.29. The highest BCUT2D eigenvalue weighted by atomic mass is 35.5. The van der Waals surface area contributed by atoms with Crippen LogP contribution >= 0.6 is 11.6 Å². The molecule has 6 heteroatoms. The van der Waals surface area contributed by atoms with Gasteiger partial charge in [-0.25, -0.2) is 9.78 Å². The van der Waals surface area contributed by atoms with Crippen LogP contribution in [-0.4, -0.2) is 21.0 Å². The Balaban J connectivity index is 2.06. The van der Waals surface area contributed by atoms with Gasteiger partial charge in [-0.15, -0.1) is 0 Å². The van der Waals surface area contributed by atoms with Gasteiger partial charge < -0.3 is 9.84 Å². The van der Waals surface area contributed by atoms with Crippen molar-refractivity contribution in [1.82, 2.24) is 9.97 Å². The molecule has 0 saturated carbocycles. The minimum absolute atomic E-state index is 0.0230. The zero-order valence-corrected chi connectivity index (χ0v) is 9.96. The summed E-state index contributed by atoms with van der Waals surface area (Å²) in [5, 5.41) is 9.38. The number of carbonyl (C=O) groups is 1. The number of rotatable bonds is 4. The summed E-state index contributed by atoms with van der Waals surface area (Å²) >= 11 is 5.83. The lowest BCUT2D eigenvalue weighted by Gasteiger charge is -2.04. The van der Waals surface area contributed by atoms with Gasteiger partial charge in [0.05, 0.1) is 0 Å². The summed E-state index contributed by atoms with van der Waals surface area (Å²) in [6, 6.07) is 8.47. The van der Waals surface area contributed by atoms with E-state index < -0.39 is 5.97 Å². The van der Waals surface area contributed by atoms with Gasteiger partial charge in [0.15, 0.2) is 5.69 Å². The van der Waals surface area contributed by atoms with Gasteiger partial charge in [0.1, 0.15) is 6.61 Å². The van der Waals surface area contributed by atoms with Crippen LogP contribution in [0.1, 0.15) is 16.1 Å². The molecule has 1 aromatic carbocycles. The Hall–Kier alpha value is -2.14. The van der Waals surface area contributed by atoms with Crippen LogP contribution in [0.15, 0.2) is 36.5 Å². The first-order valence-electron chi connectivity index (χ1n) is 5.09. The Kier molecular flexibility index (Phi) is 3.74. The van der Waals surface area contributed by atoms with Crippen molar-refractivity contribution >= 4 is 17.6 Å². The minimum Gasteiger partial charge on any atom is -0.477 e. The molecule has 1 aromatic heterocycles. The Bertz CT molecular complexity index is 575. The second kappa shape index (κ2) is 5.46.